The molecule has 0 fully saturated rings. The lowest BCUT2D eigenvalue weighted by atomic mass is 9.92. The number of hydrogen-bond acceptors (Lipinski definition) is 1. The van der Waals surface area contributed by atoms with E-state index in [1.165, 1.54) is 6.07 Å². The van der Waals surface area contributed by atoms with E-state index in [1.807, 2.05) is 0 Å². The summed E-state index contributed by atoms with van der Waals surface area (Å²) in [6.45, 7) is -0.146. The fourth-order valence-electron chi connectivity index (χ4n) is 1.42. The van der Waals surface area contributed by atoms with Gasteiger partial charge in [0.2, 0.25) is 5.60 Å². The number of halogens is 5. The minimum absolute atomic E-state index is 0.479. The third-order valence-corrected chi connectivity index (χ3v) is 3.34. The van der Waals surface area contributed by atoms with Crippen molar-refractivity contribution in [2.24, 2.45) is 0 Å². The van der Waals surface area contributed by atoms with Crippen LogP contribution in [0, 0.1) is 0 Å². The average Bonchev–Trinajstić information content (AvgIpc) is 2.27. The lowest BCUT2D eigenvalue weighted by Gasteiger charge is -2.28. The van der Waals surface area contributed by atoms with Gasteiger partial charge in [-0.05, 0) is 23.6 Å². The predicted molar refractivity (Wildman–Crippen MR) is 59.4 cm³/mol. The third kappa shape index (κ3) is 2.63. The molecule has 6 heteroatoms. The van der Waals surface area contributed by atoms with Crippen molar-refractivity contribution in [1.29, 1.82) is 0 Å². The SMILES string of the molecule is CCc1cc(C(O)(CF)C(F)(F)F)ccc1Br. The summed E-state index contributed by atoms with van der Waals surface area (Å²) in [6.07, 6.45) is -4.56. The molecule has 0 spiro atoms. The summed E-state index contributed by atoms with van der Waals surface area (Å²) in [4.78, 5) is 0. The van der Waals surface area contributed by atoms with Crippen molar-refractivity contribution in [2.75, 3.05) is 6.67 Å². The molecular formula is C11H11BrF4O. The summed E-state index contributed by atoms with van der Waals surface area (Å²) in [5.74, 6) is 0. The van der Waals surface area contributed by atoms with Crippen LogP contribution < -0.4 is 0 Å². The summed E-state index contributed by atoms with van der Waals surface area (Å²) >= 11 is 3.17. The number of aliphatic hydroxyl groups is 1. The molecule has 17 heavy (non-hydrogen) atoms. The maximum absolute atomic E-state index is 12.6. The molecule has 1 aromatic carbocycles. The van der Waals surface area contributed by atoms with Gasteiger partial charge in [-0.3, -0.25) is 0 Å². The summed E-state index contributed by atoms with van der Waals surface area (Å²) in [5, 5.41) is 9.42. The van der Waals surface area contributed by atoms with Gasteiger partial charge in [-0.25, -0.2) is 4.39 Å². The minimum Gasteiger partial charge on any atom is -0.374 e. The van der Waals surface area contributed by atoms with Crippen molar-refractivity contribution in [3.05, 3.63) is 33.8 Å². The molecule has 0 aliphatic rings. The first-order chi connectivity index (χ1) is 7.76. The number of aryl methyl sites for hydroxylation is 1. The highest BCUT2D eigenvalue weighted by Crippen LogP contribution is 2.40. The minimum atomic E-state index is -5.04. The standard InChI is InChI=1S/C11H11BrF4O/c1-2-7-5-8(3-4-9(7)12)10(17,6-13)11(14,15)16/h3-5,17H,2,6H2,1H3. The second-order valence-corrected chi connectivity index (χ2v) is 4.51. The fourth-order valence-corrected chi connectivity index (χ4v) is 1.95. The van der Waals surface area contributed by atoms with Gasteiger partial charge in [-0.15, -0.1) is 0 Å². The third-order valence-electron chi connectivity index (χ3n) is 2.57. The topological polar surface area (TPSA) is 20.2 Å². The summed E-state index contributed by atoms with van der Waals surface area (Å²) < 4.78 is 51.1. The molecule has 0 heterocycles. The maximum atomic E-state index is 12.6. The normalized spacial score (nSPS) is 15.7. The molecule has 0 bridgehead atoms. The molecule has 0 radical (unpaired) electrons. The van der Waals surface area contributed by atoms with Gasteiger partial charge in [0.1, 0.15) is 6.67 Å². The Morgan fingerprint density at radius 2 is 1.88 bits per heavy atom. The largest absolute Gasteiger partial charge is 0.424 e. The highest BCUT2D eigenvalue weighted by molar-refractivity contribution is 9.10. The van der Waals surface area contributed by atoms with E-state index >= 15 is 0 Å². The van der Waals surface area contributed by atoms with Crippen molar-refractivity contribution in [3.63, 3.8) is 0 Å². The van der Waals surface area contributed by atoms with Crippen LogP contribution in [-0.2, 0) is 12.0 Å². The molecule has 1 unspecified atom stereocenters. The van der Waals surface area contributed by atoms with Gasteiger partial charge in [0.05, 0.1) is 0 Å². The van der Waals surface area contributed by atoms with Gasteiger partial charge in [-0.1, -0.05) is 35.0 Å². The van der Waals surface area contributed by atoms with E-state index in [4.69, 9.17) is 0 Å². The molecule has 1 N–H and O–H groups in total. The molecule has 0 aliphatic carbocycles. The summed E-state index contributed by atoms with van der Waals surface area (Å²) in [6, 6.07) is 3.61. The Morgan fingerprint density at radius 1 is 1.29 bits per heavy atom. The Labute approximate surface area is 105 Å². The zero-order valence-electron chi connectivity index (χ0n) is 8.98. The summed E-state index contributed by atoms with van der Waals surface area (Å²) in [7, 11) is 0. The van der Waals surface area contributed by atoms with E-state index < -0.39 is 24.0 Å². The van der Waals surface area contributed by atoms with Crippen molar-refractivity contribution in [1.82, 2.24) is 0 Å². The van der Waals surface area contributed by atoms with Gasteiger partial charge >= 0.3 is 6.18 Å². The van der Waals surface area contributed by atoms with Crippen LogP contribution in [0.15, 0.2) is 22.7 Å². The Balaban J connectivity index is 3.31. The predicted octanol–water partition coefficient (Wildman–Crippen LogP) is 3.73. The monoisotopic (exact) mass is 314 g/mol. The highest BCUT2D eigenvalue weighted by atomic mass is 79.9. The second-order valence-electron chi connectivity index (χ2n) is 3.65. The molecular weight excluding hydrogens is 304 g/mol. The average molecular weight is 315 g/mol. The lowest BCUT2D eigenvalue weighted by molar-refractivity contribution is -0.271. The number of alkyl halides is 4. The van der Waals surface area contributed by atoms with Crippen molar-refractivity contribution >= 4 is 15.9 Å². The van der Waals surface area contributed by atoms with E-state index in [0.717, 1.165) is 12.1 Å². The smallest absolute Gasteiger partial charge is 0.374 e. The zero-order valence-corrected chi connectivity index (χ0v) is 10.6. The van der Waals surface area contributed by atoms with Crippen LogP contribution in [0.1, 0.15) is 18.1 Å². The van der Waals surface area contributed by atoms with Gasteiger partial charge in [0.15, 0.2) is 0 Å². The van der Waals surface area contributed by atoms with E-state index in [-0.39, 0.29) is 0 Å². The van der Waals surface area contributed by atoms with Crippen LogP contribution in [0.25, 0.3) is 0 Å². The molecule has 1 aromatic rings. The maximum Gasteiger partial charge on any atom is 0.424 e. The van der Waals surface area contributed by atoms with Crippen molar-refractivity contribution in [3.8, 4) is 0 Å². The van der Waals surface area contributed by atoms with E-state index in [9.17, 15) is 22.7 Å². The number of rotatable bonds is 3. The molecule has 0 aromatic heterocycles. The molecule has 1 nitrogen and oxygen atoms in total. The van der Waals surface area contributed by atoms with Gasteiger partial charge in [-0.2, -0.15) is 13.2 Å². The molecule has 0 aliphatic heterocycles. The molecule has 0 amide bonds. The second kappa shape index (κ2) is 4.94. The Kier molecular flexibility index (Phi) is 4.19. The fraction of sp³-hybridized carbons (Fsp3) is 0.455. The zero-order chi connectivity index (χ0) is 13.3. The first-order valence-electron chi connectivity index (χ1n) is 4.90. The highest BCUT2D eigenvalue weighted by Gasteiger charge is 2.55. The number of benzene rings is 1. The number of hydrogen-bond donors (Lipinski definition) is 1. The van der Waals surface area contributed by atoms with Gasteiger partial charge < -0.3 is 5.11 Å². The van der Waals surface area contributed by atoms with E-state index in [0.29, 0.717) is 16.5 Å². The quantitative estimate of drug-likeness (QED) is 0.843. The summed E-state index contributed by atoms with van der Waals surface area (Å²) in [5.41, 5.74) is -3.33. The molecule has 0 saturated heterocycles. The Bertz CT molecular complexity index is 405. The first kappa shape index (κ1) is 14.4. The van der Waals surface area contributed by atoms with Crippen LogP contribution in [-0.4, -0.2) is 18.0 Å². The molecule has 96 valence electrons. The molecule has 1 rings (SSSR count). The van der Waals surface area contributed by atoms with Gasteiger partial charge in [0, 0.05) is 4.47 Å². The van der Waals surface area contributed by atoms with E-state index in [1.54, 1.807) is 6.92 Å². The molecule has 0 saturated carbocycles. The van der Waals surface area contributed by atoms with Crippen molar-refractivity contribution in [2.45, 2.75) is 25.1 Å². The van der Waals surface area contributed by atoms with Crippen LogP contribution in [0.2, 0.25) is 0 Å². The van der Waals surface area contributed by atoms with Crippen LogP contribution in [0.4, 0.5) is 17.6 Å². The van der Waals surface area contributed by atoms with Crippen molar-refractivity contribution < 1.29 is 22.7 Å². The Morgan fingerprint density at radius 3 is 2.29 bits per heavy atom. The first-order valence-corrected chi connectivity index (χ1v) is 5.69. The molecule has 1 atom stereocenters. The van der Waals surface area contributed by atoms with Crippen LogP contribution in [0.3, 0.4) is 0 Å². The van der Waals surface area contributed by atoms with Crippen LogP contribution >= 0.6 is 15.9 Å². The van der Waals surface area contributed by atoms with Gasteiger partial charge in [0.25, 0.3) is 0 Å². The van der Waals surface area contributed by atoms with Crippen LogP contribution in [0.5, 0.6) is 0 Å². The Hall–Kier alpha value is -0.620. The van der Waals surface area contributed by atoms with E-state index in [2.05, 4.69) is 15.9 Å². The lowest BCUT2D eigenvalue weighted by Crippen LogP contribution is -2.44.